The topological polar surface area (TPSA) is 48.0 Å². The van der Waals surface area contributed by atoms with Crippen LogP contribution in [0.5, 0.6) is 0 Å². The predicted octanol–water partition coefficient (Wildman–Crippen LogP) is 2.66. The van der Waals surface area contributed by atoms with Gasteiger partial charge in [0.1, 0.15) is 0 Å². The van der Waals surface area contributed by atoms with Crippen LogP contribution >= 0.6 is 0 Å². The number of amides is 1. The van der Waals surface area contributed by atoms with Crippen molar-refractivity contribution >= 4 is 13.2 Å². The van der Waals surface area contributed by atoms with E-state index in [-0.39, 0.29) is 18.6 Å². The Morgan fingerprint density at radius 2 is 2.14 bits per heavy atom. The summed E-state index contributed by atoms with van der Waals surface area (Å²) in [7, 11) is -0.240. The zero-order valence-electron chi connectivity index (χ0n) is 13.4. The van der Waals surface area contributed by atoms with Gasteiger partial charge in [-0.3, -0.25) is 0 Å². The van der Waals surface area contributed by atoms with Crippen LogP contribution in [0.4, 0.5) is 4.79 Å². The Hall–Kier alpha value is -1.01. The Morgan fingerprint density at radius 1 is 1.43 bits per heavy atom. The van der Waals surface area contributed by atoms with E-state index in [0.29, 0.717) is 32.9 Å². The quantitative estimate of drug-likeness (QED) is 0.591. The SMILES string of the molecule is CCCCOC(=O)N1CC=C(B2OCC(C)(C)CO2)CC1. The molecule has 0 bridgehead atoms. The Kier molecular flexibility index (Phi) is 5.70. The van der Waals surface area contributed by atoms with Crippen LogP contribution < -0.4 is 0 Å². The van der Waals surface area contributed by atoms with Gasteiger partial charge in [0.25, 0.3) is 0 Å². The van der Waals surface area contributed by atoms with Gasteiger partial charge in [-0.2, -0.15) is 0 Å². The number of unbranched alkanes of at least 4 members (excludes halogenated alkanes) is 1. The fraction of sp³-hybridized carbons (Fsp3) is 0.800. The maximum atomic E-state index is 11.9. The molecule has 0 atom stereocenters. The van der Waals surface area contributed by atoms with E-state index < -0.39 is 0 Å². The first kappa shape index (κ1) is 16.4. The summed E-state index contributed by atoms with van der Waals surface area (Å²) in [6.45, 7) is 9.51. The lowest BCUT2D eigenvalue weighted by atomic mass is 9.72. The summed E-state index contributed by atoms with van der Waals surface area (Å²) >= 11 is 0. The van der Waals surface area contributed by atoms with Crippen LogP contribution in [0.1, 0.15) is 40.0 Å². The van der Waals surface area contributed by atoms with Gasteiger partial charge >= 0.3 is 13.2 Å². The molecule has 0 radical (unpaired) electrons. The molecule has 1 saturated heterocycles. The average molecular weight is 295 g/mol. The average Bonchev–Trinajstić information content (AvgIpc) is 2.48. The second kappa shape index (κ2) is 7.32. The van der Waals surface area contributed by atoms with Crippen molar-refractivity contribution < 1.29 is 18.8 Å². The molecule has 21 heavy (non-hydrogen) atoms. The Balaban J connectivity index is 1.78. The number of hydrogen-bond donors (Lipinski definition) is 0. The van der Waals surface area contributed by atoms with E-state index in [0.717, 1.165) is 24.7 Å². The number of nitrogens with zero attached hydrogens (tertiary/aromatic N) is 1. The highest BCUT2D eigenvalue weighted by Gasteiger charge is 2.35. The molecule has 0 aromatic carbocycles. The molecule has 0 aromatic rings. The van der Waals surface area contributed by atoms with Gasteiger partial charge in [-0.1, -0.05) is 33.3 Å². The van der Waals surface area contributed by atoms with E-state index in [1.165, 1.54) is 0 Å². The number of ether oxygens (including phenoxy) is 1. The first-order valence-corrected chi connectivity index (χ1v) is 7.86. The van der Waals surface area contributed by atoms with Crippen LogP contribution in [0.25, 0.3) is 0 Å². The highest BCUT2D eigenvalue weighted by atomic mass is 16.6. The fourth-order valence-corrected chi connectivity index (χ4v) is 2.37. The summed E-state index contributed by atoms with van der Waals surface area (Å²) in [6, 6.07) is 0. The van der Waals surface area contributed by atoms with E-state index in [9.17, 15) is 4.79 Å². The number of hydrogen-bond acceptors (Lipinski definition) is 4. The Morgan fingerprint density at radius 3 is 2.71 bits per heavy atom. The van der Waals surface area contributed by atoms with Crippen molar-refractivity contribution in [1.29, 1.82) is 0 Å². The van der Waals surface area contributed by atoms with Crippen LogP contribution in [0.15, 0.2) is 11.5 Å². The van der Waals surface area contributed by atoms with E-state index in [2.05, 4.69) is 20.8 Å². The van der Waals surface area contributed by atoms with E-state index in [1.54, 1.807) is 4.90 Å². The first-order chi connectivity index (χ1) is 10.0. The molecular formula is C15H26BNO4. The zero-order chi connectivity index (χ0) is 15.3. The second-order valence-corrected chi connectivity index (χ2v) is 6.56. The lowest BCUT2D eigenvalue weighted by Gasteiger charge is -2.35. The minimum atomic E-state index is -0.240. The third-order valence-corrected chi connectivity index (χ3v) is 3.78. The third-order valence-electron chi connectivity index (χ3n) is 3.78. The van der Waals surface area contributed by atoms with Gasteiger partial charge < -0.3 is 18.9 Å². The summed E-state index contributed by atoms with van der Waals surface area (Å²) in [5, 5.41) is 0. The number of carbonyl (C=O) groups excluding carboxylic acids is 1. The molecule has 0 saturated carbocycles. The standard InChI is InChI=1S/C15H26BNO4/c1-4-5-10-19-14(18)17-8-6-13(7-9-17)16-20-11-15(2,3)12-21-16/h6H,4-5,7-12H2,1-3H3. The van der Waals surface area contributed by atoms with Gasteiger partial charge in [0, 0.05) is 31.7 Å². The molecule has 0 aromatic heterocycles. The summed E-state index contributed by atoms with van der Waals surface area (Å²) < 4.78 is 16.8. The van der Waals surface area contributed by atoms with E-state index in [4.69, 9.17) is 14.0 Å². The Labute approximate surface area is 127 Å². The molecule has 0 spiro atoms. The van der Waals surface area contributed by atoms with Crippen molar-refractivity contribution in [2.45, 2.75) is 40.0 Å². The van der Waals surface area contributed by atoms with E-state index >= 15 is 0 Å². The number of carbonyl (C=O) groups is 1. The summed E-state index contributed by atoms with van der Waals surface area (Å²) in [5.41, 5.74) is 1.23. The molecule has 1 amide bonds. The van der Waals surface area contributed by atoms with Crippen molar-refractivity contribution in [1.82, 2.24) is 4.90 Å². The molecule has 0 aliphatic carbocycles. The molecule has 2 heterocycles. The Bertz CT molecular complexity index is 387. The third kappa shape index (κ3) is 4.75. The summed E-state index contributed by atoms with van der Waals surface area (Å²) in [4.78, 5) is 13.6. The molecule has 1 fully saturated rings. The highest BCUT2D eigenvalue weighted by Crippen LogP contribution is 2.26. The normalized spacial score (nSPS) is 22.0. The molecule has 0 unspecified atom stereocenters. The first-order valence-electron chi connectivity index (χ1n) is 7.86. The van der Waals surface area contributed by atoms with Crippen molar-refractivity contribution in [3.05, 3.63) is 11.5 Å². The van der Waals surface area contributed by atoms with Gasteiger partial charge in [-0.25, -0.2) is 4.79 Å². The molecule has 0 N–H and O–H groups in total. The molecule has 2 aliphatic rings. The van der Waals surface area contributed by atoms with Crippen molar-refractivity contribution in [2.24, 2.45) is 5.41 Å². The molecule has 5 nitrogen and oxygen atoms in total. The largest absolute Gasteiger partial charge is 0.489 e. The van der Waals surface area contributed by atoms with Crippen LogP contribution in [0, 0.1) is 5.41 Å². The van der Waals surface area contributed by atoms with Gasteiger partial charge in [-0.05, 0) is 18.3 Å². The molecule has 118 valence electrons. The van der Waals surface area contributed by atoms with Gasteiger partial charge in [0.05, 0.1) is 6.61 Å². The summed E-state index contributed by atoms with van der Waals surface area (Å²) in [5.74, 6) is 0. The highest BCUT2D eigenvalue weighted by molar-refractivity contribution is 6.53. The van der Waals surface area contributed by atoms with Gasteiger partial charge in [0.15, 0.2) is 0 Å². The van der Waals surface area contributed by atoms with Crippen molar-refractivity contribution in [2.75, 3.05) is 32.9 Å². The van der Waals surface area contributed by atoms with Crippen LogP contribution in [0.3, 0.4) is 0 Å². The molecule has 6 heteroatoms. The fourth-order valence-electron chi connectivity index (χ4n) is 2.37. The maximum Gasteiger partial charge on any atom is 0.489 e. The lowest BCUT2D eigenvalue weighted by molar-refractivity contribution is 0.0312. The second-order valence-electron chi connectivity index (χ2n) is 6.56. The van der Waals surface area contributed by atoms with Crippen LogP contribution in [-0.2, 0) is 14.0 Å². The maximum absolute atomic E-state index is 11.9. The van der Waals surface area contributed by atoms with E-state index in [1.807, 2.05) is 6.08 Å². The minimum Gasteiger partial charge on any atom is -0.449 e. The number of rotatable bonds is 4. The van der Waals surface area contributed by atoms with Crippen molar-refractivity contribution in [3.63, 3.8) is 0 Å². The smallest absolute Gasteiger partial charge is 0.449 e. The minimum absolute atomic E-state index is 0.0842. The summed E-state index contributed by atoms with van der Waals surface area (Å²) in [6.07, 6.45) is 4.55. The zero-order valence-corrected chi connectivity index (χ0v) is 13.4. The van der Waals surface area contributed by atoms with Crippen LogP contribution in [-0.4, -0.2) is 51.0 Å². The lowest BCUT2D eigenvalue weighted by Crippen LogP contribution is -2.44. The predicted molar refractivity (Wildman–Crippen MR) is 82.0 cm³/mol. The van der Waals surface area contributed by atoms with Gasteiger partial charge in [0.2, 0.25) is 0 Å². The molecular weight excluding hydrogens is 269 g/mol. The molecule has 2 rings (SSSR count). The van der Waals surface area contributed by atoms with Crippen LogP contribution in [0.2, 0.25) is 0 Å². The van der Waals surface area contributed by atoms with Gasteiger partial charge in [-0.15, -0.1) is 0 Å². The molecule has 2 aliphatic heterocycles. The van der Waals surface area contributed by atoms with Crippen molar-refractivity contribution in [3.8, 4) is 0 Å². The monoisotopic (exact) mass is 295 g/mol.